The summed E-state index contributed by atoms with van der Waals surface area (Å²) in [5.41, 5.74) is 1.17. The van der Waals surface area contributed by atoms with Crippen molar-refractivity contribution >= 4 is 17.5 Å². The van der Waals surface area contributed by atoms with Gasteiger partial charge in [0.25, 0.3) is 5.56 Å². The Kier molecular flexibility index (Phi) is 4.68. The van der Waals surface area contributed by atoms with Gasteiger partial charge in [-0.25, -0.2) is 4.98 Å². The van der Waals surface area contributed by atoms with Crippen LogP contribution in [0.2, 0.25) is 5.02 Å². The zero-order valence-corrected chi connectivity index (χ0v) is 13.8. The van der Waals surface area contributed by atoms with Gasteiger partial charge in [0.15, 0.2) is 0 Å². The van der Waals surface area contributed by atoms with Gasteiger partial charge in [-0.2, -0.15) is 0 Å². The molecule has 0 amide bonds. The van der Waals surface area contributed by atoms with Crippen molar-refractivity contribution in [2.45, 2.75) is 32.4 Å². The van der Waals surface area contributed by atoms with E-state index in [1.807, 2.05) is 19.1 Å². The summed E-state index contributed by atoms with van der Waals surface area (Å²) in [5.74, 6) is 0.638. The van der Waals surface area contributed by atoms with Gasteiger partial charge in [0.1, 0.15) is 0 Å². The first-order valence-corrected chi connectivity index (χ1v) is 8.20. The predicted octanol–water partition coefficient (Wildman–Crippen LogP) is 2.54. The largest absolute Gasteiger partial charge is 0.386 e. The summed E-state index contributed by atoms with van der Waals surface area (Å²) in [4.78, 5) is 19.1. The van der Waals surface area contributed by atoms with E-state index in [4.69, 9.17) is 11.6 Å². The highest BCUT2D eigenvalue weighted by atomic mass is 35.5. The van der Waals surface area contributed by atoms with E-state index in [1.165, 1.54) is 6.07 Å². The van der Waals surface area contributed by atoms with Gasteiger partial charge in [-0.15, -0.1) is 0 Å². The normalized spacial score (nSPS) is 15.9. The minimum Gasteiger partial charge on any atom is -0.386 e. The molecule has 1 aromatic heterocycles. The van der Waals surface area contributed by atoms with Gasteiger partial charge in [0.2, 0.25) is 5.95 Å². The van der Waals surface area contributed by atoms with E-state index in [0.717, 1.165) is 25.9 Å². The number of aryl methyl sites for hydroxylation is 1. The number of halogens is 1. The van der Waals surface area contributed by atoms with E-state index in [0.29, 0.717) is 22.2 Å². The second-order valence-corrected chi connectivity index (χ2v) is 6.29. The number of aliphatic hydroxyl groups is 1. The fourth-order valence-electron chi connectivity index (χ4n) is 2.95. The summed E-state index contributed by atoms with van der Waals surface area (Å²) in [7, 11) is 0. The third-order valence-electron chi connectivity index (χ3n) is 4.12. The molecule has 23 heavy (non-hydrogen) atoms. The van der Waals surface area contributed by atoms with Crippen LogP contribution in [0.25, 0.3) is 0 Å². The summed E-state index contributed by atoms with van der Waals surface area (Å²) in [6.07, 6.45) is 1.33. The van der Waals surface area contributed by atoms with Crippen LogP contribution in [0.3, 0.4) is 0 Å². The van der Waals surface area contributed by atoms with Crippen molar-refractivity contribution in [3.05, 3.63) is 57.0 Å². The molecular weight excluding hydrogens is 314 g/mol. The third-order valence-corrected chi connectivity index (χ3v) is 4.47. The van der Waals surface area contributed by atoms with E-state index < -0.39 is 6.10 Å². The van der Waals surface area contributed by atoms with E-state index >= 15 is 0 Å². The molecule has 6 heteroatoms. The highest BCUT2D eigenvalue weighted by molar-refractivity contribution is 6.31. The summed E-state index contributed by atoms with van der Waals surface area (Å²) in [6, 6.07) is 8.64. The fraction of sp³-hybridized carbons (Fsp3) is 0.412. The number of rotatable bonds is 4. The quantitative estimate of drug-likeness (QED) is 0.934. The van der Waals surface area contributed by atoms with Gasteiger partial charge in [-0.05, 0) is 25.8 Å². The first kappa shape index (κ1) is 16.0. The lowest BCUT2D eigenvalue weighted by molar-refractivity contribution is 0.155. The smallest absolute Gasteiger partial charge is 0.255 e. The molecule has 0 radical (unpaired) electrons. The second kappa shape index (κ2) is 6.72. The Morgan fingerprint density at radius 2 is 2.00 bits per heavy atom. The molecule has 1 saturated heterocycles. The van der Waals surface area contributed by atoms with Crippen LogP contribution in [-0.4, -0.2) is 27.7 Å². The van der Waals surface area contributed by atoms with E-state index in [9.17, 15) is 9.90 Å². The summed E-state index contributed by atoms with van der Waals surface area (Å²) in [5, 5.41) is 11.0. The Morgan fingerprint density at radius 3 is 2.70 bits per heavy atom. The topological polar surface area (TPSA) is 58.4 Å². The molecule has 0 spiro atoms. The number of aromatic nitrogens is 2. The van der Waals surface area contributed by atoms with Crippen molar-refractivity contribution in [1.29, 1.82) is 0 Å². The maximum absolute atomic E-state index is 12.4. The molecule has 1 aliphatic rings. The Morgan fingerprint density at radius 1 is 1.30 bits per heavy atom. The van der Waals surface area contributed by atoms with Gasteiger partial charge in [0, 0.05) is 35.4 Å². The first-order valence-electron chi connectivity index (χ1n) is 7.82. The van der Waals surface area contributed by atoms with Crippen molar-refractivity contribution in [2.24, 2.45) is 0 Å². The number of benzene rings is 1. The molecule has 0 aliphatic carbocycles. The minimum atomic E-state index is -0.854. The Balaban J connectivity index is 1.96. The van der Waals surface area contributed by atoms with Crippen LogP contribution in [-0.2, 0) is 6.54 Å². The number of aliphatic hydroxyl groups excluding tert-OH is 1. The highest BCUT2D eigenvalue weighted by Gasteiger charge is 2.21. The molecule has 0 saturated carbocycles. The second-order valence-electron chi connectivity index (χ2n) is 5.88. The molecule has 1 atom stereocenters. The van der Waals surface area contributed by atoms with Gasteiger partial charge in [-0.1, -0.05) is 29.8 Å². The maximum Gasteiger partial charge on any atom is 0.255 e. The Labute approximate surface area is 140 Å². The van der Waals surface area contributed by atoms with E-state index in [2.05, 4.69) is 9.88 Å². The van der Waals surface area contributed by atoms with Crippen LogP contribution < -0.4 is 10.5 Å². The molecule has 0 bridgehead atoms. The van der Waals surface area contributed by atoms with Crippen molar-refractivity contribution in [3.63, 3.8) is 0 Å². The number of anilines is 1. The van der Waals surface area contributed by atoms with Crippen molar-refractivity contribution in [2.75, 3.05) is 18.0 Å². The number of hydrogen-bond acceptors (Lipinski definition) is 4. The summed E-state index contributed by atoms with van der Waals surface area (Å²) < 4.78 is 1.55. The monoisotopic (exact) mass is 333 g/mol. The average molecular weight is 334 g/mol. The van der Waals surface area contributed by atoms with E-state index in [1.54, 1.807) is 16.7 Å². The van der Waals surface area contributed by atoms with Crippen LogP contribution >= 0.6 is 11.6 Å². The number of nitrogens with zero attached hydrogens (tertiary/aromatic N) is 3. The Hall–Kier alpha value is -1.85. The molecule has 1 N–H and O–H groups in total. The molecule has 2 heterocycles. The SMILES string of the molecule is Cc1cc(=O)n(CC(O)c2ccccc2Cl)c(N2CCCC2)n1. The van der Waals surface area contributed by atoms with Gasteiger partial charge >= 0.3 is 0 Å². The van der Waals surface area contributed by atoms with Crippen molar-refractivity contribution < 1.29 is 5.11 Å². The van der Waals surface area contributed by atoms with Crippen LogP contribution in [0.1, 0.15) is 30.2 Å². The Bertz CT molecular complexity index is 754. The molecule has 2 aromatic rings. The lowest BCUT2D eigenvalue weighted by Crippen LogP contribution is -2.32. The maximum atomic E-state index is 12.4. The first-order chi connectivity index (χ1) is 11.1. The molecule has 122 valence electrons. The number of hydrogen-bond donors (Lipinski definition) is 1. The molecule has 5 nitrogen and oxygen atoms in total. The van der Waals surface area contributed by atoms with Gasteiger partial charge in [-0.3, -0.25) is 9.36 Å². The van der Waals surface area contributed by atoms with Crippen LogP contribution in [0, 0.1) is 6.92 Å². The predicted molar refractivity (Wildman–Crippen MR) is 91.1 cm³/mol. The molecule has 1 unspecified atom stereocenters. The third kappa shape index (κ3) is 3.41. The standard InChI is InChI=1S/C17H20ClN3O2/c1-12-10-16(23)21(17(19-12)20-8-4-5-9-20)11-15(22)13-6-2-3-7-14(13)18/h2-3,6-7,10,15,22H,4-5,8-9,11H2,1H3. The molecule has 1 fully saturated rings. The zero-order chi connectivity index (χ0) is 16.4. The van der Waals surface area contributed by atoms with Crippen LogP contribution in [0.15, 0.2) is 35.1 Å². The summed E-state index contributed by atoms with van der Waals surface area (Å²) in [6.45, 7) is 3.73. The van der Waals surface area contributed by atoms with Gasteiger partial charge < -0.3 is 10.0 Å². The lowest BCUT2D eigenvalue weighted by atomic mass is 10.1. The van der Waals surface area contributed by atoms with Crippen LogP contribution in [0.4, 0.5) is 5.95 Å². The van der Waals surface area contributed by atoms with Crippen molar-refractivity contribution in [3.8, 4) is 0 Å². The van der Waals surface area contributed by atoms with E-state index in [-0.39, 0.29) is 12.1 Å². The van der Waals surface area contributed by atoms with Gasteiger partial charge in [0.05, 0.1) is 12.6 Å². The van der Waals surface area contributed by atoms with Crippen molar-refractivity contribution in [1.82, 2.24) is 9.55 Å². The molecule has 1 aliphatic heterocycles. The summed E-state index contributed by atoms with van der Waals surface area (Å²) >= 11 is 6.14. The fourth-order valence-corrected chi connectivity index (χ4v) is 3.21. The zero-order valence-electron chi connectivity index (χ0n) is 13.1. The minimum absolute atomic E-state index is 0.141. The lowest BCUT2D eigenvalue weighted by Gasteiger charge is -2.23. The molecule has 1 aromatic carbocycles. The van der Waals surface area contributed by atoms with Crippen LogP contribution in [0.5, 0.6) is 0 Å². The molecular formula is C17H20ClN3O2. The highest BCUT2D eigenvalue weighted by Crippen LogP contribution is 2.25. The molecule has 3 rings (SSSR count). The average Bonchev–Trinajstić information content (AvgIpc) is 3.04.